The van der Waals surface area contributed by atoms with Crippen molar-refractivity contribution in [2.45, 2.75) is 18.9 Å². The number of thiazole rings is 1. The number of para-hydroxylation sites is 1. The molecule has 4 aromatic rings. The minimum Gasteiger partial charge on any atom is -0.467 e. The van der Waals surface area contributed by atoms with Crippen molar-refractivity contribution >= 4 is 38.4 Å². The quantitative estimate of drug-likeness (QED) is 0.473. The van der Waals surface area contributed by atoms with E-state index in [0.717, 1.165) is 28.3 Å². The Labute approximate surface area is 174 Å². The Morgan fingerprint density at radius 2 is 1.87 bits per heavy atom. The molecule has 0 unspecified atom stereocenters. The summed E-state index contributed by atoms with van der Waals surface area (Å²) in [5.74, 6) is -1.43. The Hall–Kier alpha value is -3.13. The lowest BCUT2D eigenvalue weighted by atomic mass is 10.1. The van der Waals surface area contributed by atoms with Crippen LogP contribution < -0.4 is 4.74 Å². The van der Waals surface area contributed by atoms with E-state index < -0.39 is 11.6 Å². The van der Waals surface area contributed by atoms with Crippen LogP contribution in [0.1, 0.15) is 23.3 Å². The predicted molar refractivity (Wildman–Crippen MR) is 111 cm³/mol. The van der Waals surface area contributed by atoms with Crippen LogP contribution in [0.4, 0.5) is 8.78 Å². The van der Waals surface area contributed by atoms with Gasteiger partial charge in [0.05, 0.1) is 10.2 Å². The Morgan fingerprint density at radius 1 is 1.07 bits per heavy atom. The first-order chi connectivity index (χ1) is 14.6. The normalized spacial score (nSPS) is 15.1. The second-order valence-corrected chi connectivity index (χ2v) is 8.21. The van der Waals surface area contributed by atoms with Gasteiger partial charge in [-0.05, 0) is 18.2 Å². The SMILES string of the molecule is O=C(c1ccc2ccccc2n1)N1CCC(Oc2nc3c(F)cc(F)cc3s2)CC1. The minimum atomic E-state index is -0.695. The number of piperidine rings is 1. The second-order valence-electron chi connectivity index (χ2n) is 7.21. The molecule has 1 amide bonds. The summed E-state index contributed by atoms with van der Waals surface area (Å²) in [6.45, 7) is 1.07. The molecule has 0 spiro atoms. The van der Waals surface area contributed by atoms with Gasteiger partial charge < -0.3 is 9.64 Å². The number of benzene rings is 2. The lowest BCUT2D eigenvalue weighted by Crippen LogP contribution is -2.42. The molecule has 5 rings (SSSR count). The van der Waals surface area contributed by atoms with Crippen molar-refractivity contribution in [1.29, 1.82) is 0 Å². The van der Waals surface area contributed by atoms with Crippen LogP contribution in [0, 0.1) is 11.6 Å². The van der Waals surface area contributed by atoms with Crippen LogP contribution in [0.25, 0.3) is 21.1 Å². The van der Waals surface area contributed by atoms with Gasteiger partial charge in [0.15, 0.2) is 5.82 Å². The lowest BCUT2D eigenvalue weighted by molar-refractivity contribution is 0.0590. The first-order valence-corrected chi connectivity index (χ1v) is 10.5. The largest absolute Gasteiger partial charge is 0.467 e. The van der Waals surface area contributed by atoms with Crippen LogP contribution in [-0.4, -0.2) is 40.0 Å². The van der Waals surface area contributed by atoms with Crippen molar-refractivity contribution in [3.8, 4) is 5.19 Å². The highest BCUT2D eigenvalue weighted by atomic mass is 32.1. The summed E-state index contributed by atoms with van der Waals surface area (Å²) in [5.41, 5.74) is 1.34. The maximum absolute atomic E-state index is 13.8. The van der Waals surface area contributed by atoms with Gasteiger partial charge in [0.1, 0.15) is 23.1 Å². The number of hydrogen-bond acceptors (Lipinski definition) is 5. The number of aromatic nitrogens is 2. The summed E-state index contributed by atoms with van der Waals surface area (Å²) in [7, 11) is 0. The van der Waals surface area contributed by atoms with Gasteiger partial charge >= 0.3 is 0 Å². The summed E-state index contributed by atoms with van der Waals surface area (Å²) < 4.78 is 33.5. The number of likely N-dealkylation sites (tertiary alicyclic amines) is 1. The molecule has 1 aliphatic heterocycles. The van der Waals surface area contributed by atoms with Crippen molar-refractivity contribution in [2.24, 2.45) is 0 Å². The third-order valence-electron chi connectivity index (χ3n) is 5.21. The number of ether oxygens (including phenoxy) is 1. The molecule has 0 saturated carbocycles. The van der Waals surface area contributed by atoms with E-state index in [9.17, 15) is 13.6 Å². The Bertz CT molecular complexity index is 1250. The highest BCUT2D eigenvalue weighted by Crippen LogP contribution is 2.32. The highest BCUT2D eigenvalue weighted by molar-refractivity contribution is 7.20. The molecule has 3 heterocycles. The fourth-order valence-electron chi connectivity index (χ4n) is 3.65. The van der Waals surface area contributed by atoms with Gasteiger partial charge in [-0.3, -0.25) is 4.79 Å². The summed E-state index contributed by atoms with van der Waals surface area (Å²) in [6.07, 6.45) is 1.13. The van der Waals surface area contributed by atoms with E-state index in [-0.39, 0.29) is 17.5 Å². The number of hydrogen-bond donors (Lipinski definition) is 0. The molecule has 0 atom stereocenters. The average Bonchev–Trinajstić information content (AvgIpc) is 3.16. The summed E-state index contributed by atoms with van der Waals surface area (Å²) in [6, 6.07) is 13.4. The standard InChI is InChI=1S/C22H17F2N3O2S/c23-14-11-16(24)20-19(12-14)30-22(26-20)29-15-7-9-27(10-8-15)21(28)18-6-5-13-3-1-2-4-17(13)25-18/h1-6,11-12,15H,7-10H2. The Kier molecular flexibility index (Phi) is 4.78. The molecule has 1 fully saturated rings. The predicted octanol–water partition coefficient (Wildman–Crippen LogP) is 4.81. The van der Waals surface area contributed by atoms with Crippen LogP contribution in [-0.2, 0) is 0 Å². The maximum Gasteiger partial charge on any atom is 0.274 e. The van der Waals surface area contributed by atoms with Crippen molar-refractivity contribution < 1.29 is 18.3 Å². The van der Waals surface area contributed by atoms with Crippen LogP contribution >= 0.6 is 11.3 Å². The molecular weight excluding hydrogens is 408 g/mol. The van der Waals surface area contributed by atoms with Gasteiger partial charge in [0.25, 0.3) is 11.1 Å². The molecule has 0 radical (unpaired) electrons. The van der Waals surface area contributed by atoms with Gasteiger partial charge in [-0.2, -0.15) is 4.98 Å². The smallest absolute Gasteiger partial charge is 0.274 e. The number of pyridine rings is 1. The number of fused-ring (bicyclic) bond motifs is 2. The molecule has 1 saturated heterocycles. The van der Waals surface area contributed by atoms with Crippen LogP contribution in [0.5, 0.6) is 5.19 Å². The average molecular weight is 425 g/mol. The van der Waals surface area contributed by atoms with Crippen molar-refractivity contribution in [2.75, 3.05) is 13.1 Å². The van der Waals surface area contributed by atoms with Crippen LogP contribution in [0.2, 0.25) is 0 Å². The number of rotatable bonds is 3. The molecule has 0 aliphatic carbocycles. The minimum absolute atomic E-state index is 0.100. The van der Waals surface area contributed by atoms with E-state index in [1.54, 1.807) is 11.0 Å². The Morgan fingerprint density at radius 3 is 2.70 bits per heavy atom. The van der Waals surface area contributed by atoms with Gasteiger partial charge in [0, 0.05) is 37.4 Å². The zero-order valence-corrected chi connectivity index (χ0v) is 16.7. The summed E-state index contributed by atoms with van der Waals surface area (Å²) in [5, 5.41) is 1.31. The van der Waals surface area contributed by atoms with E-state index in [0.29, 0.717) is 41.5 Å². The number of carbonyl (C=O) groups is 1. The van der Waals surface area contributed by atoms with Gasteiger partial charge in [-0.25, -0.2) is 13.8 Å². The van der Waals surface area contributed by atoms with E-state index in [1.807, 2.05) is 30.3 Å². The molecule has 0 bridgehead atoms. The number of nitrogens with zero attached hydrogens (tertiary/aromatic N) is 3. The van der Waals surface area contributed by atoms with E-state index in [4.69, 9.17) is 4.74 Å². The fraction of sp³-hybridized carbons (Fsp3) is 0.227. The third kappa shape index (κ3) is 3.59. The zero-order chi connectivity index (χ0) is 20.7. The van der Waals surface area contributed by atoms with E-state index >= 15 is 0 Å². The molecule has 2 aromatic heterocycles. The topological polar surface area (TPSA) is 55.3 Å². The molecule has 8 heteroatoms. The molecule has 152 valence electrons. The zero-order valence-electron chi connectivity index (χ0n) is 15.8. The van der Waals surface area contributed by atoms with Gasteiger partial charge in [-0.15, -0.1) is 0 Å². The molecule has 30 heavy (non-hydrogen) atoms. The van der Waals surface area contributed by atoms with E-state index in [1.165, 1.54) is 6.07 Å². The first kappa shape index (κ1) is 18.9. The number of amides is 1. The van der Waals surface area contributed by atoms with Crippen LogP contribution in [0.3, 0.4) is 0 Å². The van der Waals surface area contributed by atoms with E-state index in [2.05, 4.69) is 9.97 Å². The molecule has 1 aliphatic rings. The fourth-order valence-corrected chi connectivity index (χ4v) is 4.57. The monoisotopic (exact) mass is 425 g/mol. The third-order valence-corrected chi connectivity index (χ3v) is 6.10. The molecule has 5 nitrogen and oxygen atoms in total. The van der Waals surface area contributed by atoms with Crippen LogP contribution in [0.15, 0.2) is 48.5 Å². The van der Waals surface area contributed by atoms with Crippen molar-refractivity contribution in [3.63, 3.8) is 0 Å². The molecular formula is C22H17F2N3O2S. The Balaban J connectivity index is 1.24. The first-order valence-electron chi connectivity index (χ1n) is 9.64. The maximum atomic E-state index is 13.8. The molecule has 2 aromatic carbocycles. The highest BCUT2D eigenvalue weighted by Gasteiger charge is 2.26. The summed E-state index contributed by atoms with van der Waals surface area (Å²) in [4.78, 5) is 23.2. The van der Waals surface area contributed by atoms with Gasteiger partial charge in [0.2, 0.25) is 0 Å². The lowest BCUT2D eigenvalue weighted by Gasteiger charge is -2.31. The summed E-state index contributed by atoms with van der Waals surface area (Å²) >= 11 is 1.12. The van der Waals surface area contributed by atoms with Crippen molar-refractivity contribution in [3.05, 3.63) is 65.9 Å². The second kappa shape index (κ2) is 7.60. The van der Waals surface area contributed by atoms with Crippen molar-refractivity contribution in [1.82, 2.24) is 14.9 Å². The number of halogens is 2. The van der Waals surface area contributed by atoms with Gasteiger partial charge in [-0.1, -0.05) is 35.6 Å². The number of carbonyl (C=O) groups excluding carboxylic acids is 1. The molecule has 0 N–H and O–H groups in total.